The van der Waals surface area contributed by atoms with Gasteiger partial charge in [0.1, 0.15) is 0 Å². The molecular formula is C78H83BN4. The zero-order chi connectivity index (χ0) is 58.2. The average Bonchev–Trinajstić information content (AvgIpc) is 1.94. The van der Waals surface area contributed by atoms with Gasteiger partial charge in [-0.2, -0.15) is 0 Å². The van der Waals surface area contributed by atoms with Gasteiger partial charge in [-0.15, -0.1) is 0 Å². The highest BCUT2D eigenvalue weighted by molar-refractivity contribution is 7.00. The molecule has 4 aliphatic rings. The number of para-hydroxylation sites is 2. The maximum absolute atomic E-state index is 2.88. The van der Waals surface area contributed by atoms with E-state index in [2.05, 4.69) is 317 Å². The summed E-state index contributed by atoms with van der Waals surface area (Å²) in [6.45, 7) is 32.9. The van der Waals surface area contributed by atoms with E-state index < -0.39 is 0 Å². The minimum atomic E-state index is -0.156. The summed E-state index contributed by atoms with van der Waals surface area (Å²) >= 11 is 0. The average molecular weight is 1090 g/mol. The molecular weight excluding hydrogens is 1000 g/mol. The second kappa shape index (κ2) is 19.4. The Hall–Kier alpha value is -7.76. The van der Waals surface area contributed by atoms with Crippen LogP contribution in [0.15, 0.2) is 200 Å². The van der Waals surface area contributed by atoms with Crippen molar-refractivity contribution in [3.8, 4) is 11.1 Å². The Morgan fingerprint density at radius 1 is 0.386 bits per heavy atom. The third kappa shape index (κ3) is 8.94. The second-order valence-electron chi connectivity index (χ2n) is 29.0. The fraction of sp³-hybridized carbons (Fsp3) is 0.308. The molecule has 0 saturated heterocycles. The van der Waals surface area contributed by atoms with E-state index in [1.807, 2.05) is 0 Å². The van der Waals surface area contributed by atoms with Gasteiger partial charge in [0.05, 0.1) is 16.9 Å². The first kappa shape index (κ1) is 54.5. The van der Waals surface area contributed by atoms with Gasteiger partial charge in [0.15, 0.2) is 0 Å². The summed E-state index contributed by atoms with van der Waals surface area (Å²) in [6, 6.07) is 77.5. The topological polar surface area (TPSA) is 13.0 Å². The number of nitrogens with zero attached hydrogens (tertiary/aromatic N) is 4. The second-order valence-corrected chi connectivity index (χ2v) is 29.0. The van der Waals surface area contributed by atoms with Gasteiger partial charge in [0, 0.05) is 62.2 Å². The molecule has 83 heavy (non-hydrogen) atoms. The van der Waals surface area contributed by atoms with Gasteiger partial charge in [-0.3, -0.25) is 0 Å². The fourth-order valence-electron chi connectivity index (χ4n) is 14.6. The van der Waals surface area contributed by atoms with Crippen LogP contribution >= 0.6 is 0 Å². The first-order chi connectivity index (χ1) is 39.4. The first-order valence-electron chi connectivity index (χ1n) is 30.7. The van der Waals surface area contributed by atoms with Crippen molar-refractivity contribution in [1.29, 1.82) is 0 Å². The van der Waals surface area contributed by atoms with Crippen molar-refractivity contribution in [2.75, 3.05) is 19.6 Å². The SMILES string of the molecule is CC(C)(C)c1ccc(N(c2ccc(C(C)(C)C)cc2)c2ccc3c(c2)N(c2ccccc2-c2ccccc2)c2cc(N(c4ccc(C(C)(C)C)cc4)c4ccc(C(C)(C)C)cc4)cc4c2B3c2cccc3c2N4C2(C)CCCCC32C)cc1. The summed E-state index contributed by atoms with van der Waals surface area (Å²) in [5.41, 5.74) is 26.1. The summed E-state index contributed by atoms with van der Waals surface area (Å²) < 4.78 is 0. The molecule has 3 heterocycles. The van der Waals surface area contributed by atoms with Crippen LogP contribution in [0.2, 0.25) is 0 Å². The van der Waals surface area contributed by atoms with Crippen molar-refractivity contribution in [2.24, 2.45) is 0 Å². The lowest BCUT2D eigenvalue weighted by Crippen LogP contribution is -2.64. The third-order valence-electron chi connectivity index (χ3n) is 19.6. The monoisotopic (exact) mass is 1090 g/mol. The highest BCUT2D eigenvalue weighted by Gasteiger charge is 2.61. The van der Waals surface area contributed by atoms with Gasteiger partial charge >= 0.3 is 0 Å². The van der Waals surface area contributed by atoms with Crippen molar-refractivity contribution in [3.05, 3.63) is 228 Å². The van der Waals surface area contributed by atoms with Crippen LogP contribution in [0.5, 0.6) is 0 Å². The van der Waals surface area contributed by atoms with Gasteiger partial charge in [-0.05, 0) is 170 Å². The molecule has 2 atom stereocenters. The van der Waals surface area contributed by atoms with E-state index in [9.17, 15) is 0 Å². The third-order valence-corrected chi connectivity index (χ3v) is 19.6. The fourth-order valence-corrected chi connectivity index (χ4v) is 14.6. The quantitative estimate of drug-likeness (QED) is 0.141. The number of hydrogen-bond acceptors (Lipinski definition) is 4. The molecule has 418 valence electrons. The summed E-state index contributed by atoms with van der Waals surface area (Å²) in [4.78, 5) is 10.6. The van der Waals surface area contributed by atoms with Crippen LogP contribution in [0.25, 0.3) is 11.1 Å². The molecule has 5 heteroatoms. The zero-order valence-electron chi connectivity index (χ0n) is 51.7. The van der Waals surface area contributed by atoms with E-state index >= 15 is 0 Å². The minimum Gasteiger partial charge on any atom is -0.335 e. The largest absolute Gasteiger partial charge is 0.335 e. The van der Waals surface area contributed by atoms with Crippen LogP contribution in [0, 0.1) is 0 Å². The van der Waals surface area contributed by atoms with E-state index in [-0.39, 0.29) is 39.3 Å². The van der Waals surface area contributed by atoms with Crippen molar-refractivity contribution in [2.45, 2.75) is 155 Å². The van der Waals surface area contributed by atoms with Gasteiger partial charge in [-0.25, -0.2) is 0 Å². The van der Waals surface area contributed by atoms with E-state index in [4.69, 9.17) is 0 Å². The highest BCUT2D eigenvalue weighted by atomic mass is 15.3. The van der Waals surface area contributed by atoms with E-state index in [1.54, 1.807) is 0 Å². The van der Waals surface area contributed by atoms with E-state index in [0.29, 0.717) is 0 Å². The molecule has 13 rings (SSSR count). The molecule has 2 unspecified atom stereocenters. The minimum absolute atomic E-state index is 0.00584. The predicted octanol–water partition coefficient (Wildman–Crippen LogP) is 19.8. The first-order valence-corrected chi connectivity index (χ1v) is 30.7. The Labute approximate surface area is 496 Å². The molecule has 9 aromatic carbocycles. The standard InChI is InChI=1S/C78H83BN4/c1-73(2,3)53-29-37-57(38-30-53)80(58-39-31-54(32-40-58)74(4,5)6)61-45-46-65-68(49-61)82(67-28-19-18-25-63(67)52-23-16-15-17-24-52)69-50-62(81(59-41-33-55(34-42-59)75(7,8)9)60-43-35-56(36-44-60)76(10,11)12)51-70-71(69)79(65)66-27-22-26-64-72(66)83(70)78(14)48-21-20-47-77(64,78)13/h15-19,22-46,49-51H,20-21,47-48H2,1-14H3. The molecule has 0 spiro atoms. The molecule has 1 fully saturated rings. The number of fused-ring (bicyclic) bond motifs is 7. The smallest absolute Gasteiger partial charge is 0.252 e. The van der Waals surface area contributed by atoms with Crippen LogP contribution in [0.4, 0.5) is 62.6 Å². The Bertz CT molecular complexity index is 3810. The lowest BCUT2D eigenvalue weighted by Gasteiger charge is -2.53. The van der Waals surface area contributed by atoms with Crippen molar-refractivity contribution in [1.82, 2.24) is 0 Å². The lowest BCUT2D eigenvalue weighted by atomic mass is 9.33. The molecule has 0 radical (unpaired) electrons. The van der Waals surface area contributed by atoms with Gasteiger partial charge in [-0.1, -0.05) is 224 Å². The van der Waals surface area contributed by atoms with Gasteiger partial charge in [0.2, 0.25) is 0 Å². The Kier molecular flexibility index (Phi) is 12.7. The Morgan fingerprint density at radius 2 is 0.831 bits per heavy atom. The van der Waals surface area contributed by atoms with Crippen molar-refractivity contribution < 1.29 is 0 Å². The number of hydrogen-bond donors (Lipinski definition) is 0. The van der Waals surface area contributed by atoms with Gasteiger partial charge < -0.3 is 19.6 Å². The molecule has 3 aliphatic heterocycles. The zero-order valence-corrected chi connectivity index (χ0v) is 51.7. The molecule has 4 nitrogen and oxygen atoms in total. The van der Waals surface area contributed by atoms with Crippen LogP contribution in [0.3, 0.4) is 0 Å². The maximum Gasteiger partial charge on any atom is 0.252 e. The van der Waals surface area contributed by atoms with Gasteiger partial charge in [0.25, 0.3) is 6.71 Å². The van der Waals surface area contributed by atoms with Crippen molar-refractivity contribution >= 4 is 85.7 Å². The summed E-state index contributed by atoms with van der Waals surface area (Å²) in [7, 11) is 0. The van der Waals surface area contributed by atoms with Crippen molar-refractivity contribution in [3.63, 3.8) is 0 Å². The number of rotatable bonds is 8. The predicted molar refractivity (Wildman–Crippen MR) is 358 cm³/mol. The lowest BCUT2D eigenvalue weighted by molar-refractivity contribution is 0.195. The van der Waals surface area contributed by atoms with E-state index in [1.165, 1.54) is 90.9 Å². The Morgan fingerprint density at radius 3 is 1.35 bits per heavy atom. The molecule has 1 saturated carbocycles. The summed E-state index contributed by atoms with van der Waals surface area (Å²) in [6.07, 6.45) is 4.73. The molecule has 9 aromatic rings. The maximum atomic E-state index is 2.88. The molecule has 1 aliphatic carbocycles. The van der Waals surface area contributed by atoms with E-state index in [0.717, 1.165) is 52.7 Å². The molecule has 0 aromatic heterocycles. The Balaban J connectivity index is 1.14. The summed E-state index contributed by atoms with van der Waals surface area (Å²) in [5, 5.41) is 0. The van der Waals surface area contributed by atoms with Crippen LogP contribution in [-0.4, -0.2) is 12.3 Å². The number of benzene rings is 9. The highest BCUT2D eigenvalue weighted by Crippen LogP contribution is 2.62. The van der Waals surface area contributed by atoms with Crippen LogP contribution in [0.1, 0.15) is 150 Å². The van der Waals surface area contributed by atoms with Crippen LogP contribution < -0.4 is 36.0 Å². The normalized spacial score (nSPS) is 18.1. The molecule has 0 amide bonds. The van der Waals surface area contributed by atoms with Crippen LogP contribution in [-0.2, 0) is 27.1 Å². The molecule has 0 N–H and O–H groups in total. The summed E-state index contributed by atoms with van der Waals surface area (Å²) in [5.74, 6) is 0. The number of anilines is 11. The molecule has 0 bridgehead atoms.